The number of carbonyl (C=O) groups is 1. The highest BCUT2D eigenvalue weighted by Crippen LogP contribution is 2.11. The van der Waals surface area contributed by atoms with Gasteiger partial charge in [-0.3, -0.25) is 14.7 Å². The van der Waals surface area contributed by atoms with Gasteiger partial charge in [0.2, 0.25) is 0 Å². The number of nitrogens with zero attached hydrogens (tertiary/aromatic N) is 2. The maximum Gasteiger partial charge on any atom is 0.186 e. The SMILES string of the molecule is CCN(CC(=O)c1cccs1)Cc1ccccn1. The summed E-state index contributed by atoms with van der Waals surface area (Å²) in [4.78, 5) is 19.2. The maximum atomic E-state index is 12.0. The van der Waals surface area contributed by atoms with Crippen molar-refractivity contribution in [3.05, 3.63) is 52.5 Å². The van der Waals surface area contributed by atoms with Crippen molar-refractivity contribution in [3.63, 3.8) is 0 Å². The van der Waals surface area contributed by atoms with Crippen molar-refractivity contribution in [2.75, 3.05) is 13.1 Å². The molecule has 3 nitrogen and oxygen atoms in total. The van der Waals surface area contributed by atoms with Gasteiger partial charge in [-0.2, -0.15) is 0 Å². The van der Waals surface area contributed by atoms with Crippen LogP contribution in [0.25, 0.3) is 0 Å². The van der Waals surface area contributed by atoms with Gasteiger partial charge in [0.05, 0.1) is 17.1 Å². The second-order valence-corrected chi connectivity index (χ2v) is 4.97. The van der Waals surface area contributed by atoms with E-state index in [4.69, 9.17) is 0 Å². The molecule has 0 aliphatic carbocycles. The third-order valence-corrected chi connectivity index (χ3v) is 3.63. The quantitative estimate of drug-likeness (QED) is 0.749. The van der Waals surface area contributed by atoms with E-state index in [1.54, 1.807) is 6.20 Å². The molecule has 0 aliphatic rings. The normalized spacial score (nSPS) is 10.8. The first-order valence-electron chi connectivity index (χ1n) is 5.98. The van der Waals surface area contributed by atoms with Crippen LogP contribution in [0.3, 0.4) is 0 Å². The highest BCUT2D eigenvalue weighted by molar-refractivity contribution is 7.12. The molecule has 0 saturated heterocycles. The Morgan fingerprint density at radius 1 is 1.33 bits per heavy atom. The Hall–Kier alpha value is -1.52. The molecule has 94 valence electrons. The van der Waals surface area contributed by atoms with Crippen LogP contribution < -0.4 is 0 Å². The zero-order chi connectivity index (χ0) is 12.8. The van der Waals surface area contributed by atoms with Gasteiger partial charge in [0, 0.05) is 12.7 Å². The predicted molar refractivity (Wildman–Crippen MR) is 73.8 cm³/mol. The molecule has 2 aromatic rings. The molecule has 2 heterocycles. The fraction of sp³-hybridized carbons (Fsp3) is 0.286. The summed E-state index contributed by atoms with van der Waals surface area (Å²) in [5.74, 6) is 0.183. The average molecular weight is 260 g/mol. The molecule has 0 atom stereocenters. The van der Waals surface area contributed by atoms with Crippen LogP contribution in [-0.4, -0.2) is 28.8 Å². The number of pyridine rings is 1. The topological polar surface area (TPSA) is 33.2 Å². The minimum absolute atomic E-state index is 0.183. The van der Waals surface area contributed by atoms with E-state index in [0.717, 1.165) is 17.1 Å². The molecule has 0 saturated carbocycles. The Labute approximate surface area is 111 Å². The summed E-state index contributed by atoms with van der Waals surface area (Å²) in [6.45, 7) is 4.07. The number of likely N-dealkylation sites (N-methyl/N-ethyl adjacent to an activating group) is 1. The molecule has 4 heteroatoms. The van der Waals surface area contributed by atoms with E-state index in [1.165, 1.54) is 11.3 Å². The van der Waals surface area contributed by atoms with Crippen molar-refractivity contribution in [3.8, 4) is 0 Å². The summed E-state index contributed by atoms with van der Waals surface area (Å²) in [6, 6.07) is 9.64. The Morgan fingerprint density at radius 2 is 2.22 bits per heavy atom. The summed E-state index contributed by atoms with van der Waals surface area (Å²) in [5, 5.41) is 1.93. The number of rotatable bonds is 6. The van der Waals surface area contributed by atoms with E-state index < -0.39 is 0 Å². The largest absolute Gasteiger partial charge is 0.292 e. The maximum absolute atomic E-state index is 12.0. The van der Waals surface area contributed by atoms with Gasteiger partial charge in [-0.15, -0.1) is 11.3 Å². The van der Waals surface area contributed by atoms with Gasteiger partial charge in [0.25, 0.3) is 0 Å². The highest BCUT2D eigenvalue weighted by atomic mass is 32.1. The average Bonchev–Trinajstić information content (AvgIpc) is 2.93. The number of carbonyl (C=O) groups excluding carboxylic acids is 1. The lowest BCUT2D eigenvalue weighted by Gasteiger charge is -2.18. The highest BCUT2D eigenvalue weighted by Gasteiger charge is 2.12. The van der Waals surface area contributed by atoms with Crippen molar-refractivity contribution in [2.45, 2.75) is 13.5 Å². The molecule has 0 aromatic carbocycles. The van der Waals surface area contributed by atoms with Gasteiger partial charge in [0.15, 0.2) is 5.78 Å². The van der Waals surface area contributed by atoms with Crippen molar-refractivity contribution in [2.24, 2.45) is 0 Å². The fourth-order valence-corrected chi connectivity index (χ4v) is 2.38. The van der Waals surface area contributed by atoms with Crippen molar-refractivity contribution >= 4 is 17.1 Å². The van der Waals surface area contributed by atoms with E-state index in [1.807, 2.05) is 35.7 Å². The summed E-state index contributed by atoms with van der Waals surface area (Å²) in [5.41, 5.74) is 0.998. The van der Waals surface area contributed by atoms with Gasteiger partial charge >= 0.3 is 0 Å². The molecule has 0 N–H and O–H groups in total. The van der Waals surface area contributed by atoms with Crippen LogP contribution in [0, 0.1) is 0 Å². The van der Waals surface area contributed by atoms with Crippen LogP contribution >= 0.6 is 11.3 Å². The fourth-order valence-electron chi connectivity index (χ4n) is 1.72. The molecule has 0 aliphatic heterocycles. The van der Waals surface area contributed by atoms with E-state index in [-0.39, 0.29) is 5.78 Å². The van der Waals surface area contributed by atoms with Gasteiger partial charge in [0.1, 0.15) is 0 Å². The Kier molecular flexibility index (Phi) is 4.61. The van der Waals surface area contributed by atoms with Gasteiger partial charge in [-0.25, -0.2) is 0 Å². The minimum Gasteiger partial charge on any atom is -0.292 e. The molecule has 0 amide bonds. The first kappa shape index (κ1) is 12.9. The summed E-state index contributed by atoms with van der Waals surface area (Å²) in [7, 11) is 0. The molecular formula is C14H16N2OS. The third kappa shape index (κ3) is 3.48. The molecule has 0 bridgehead atoms. The Balaban J connectivity index is 1.96. The zero-order valence-electron chi connectivity index (χ0n) is 10.4. The Morgan fingerprint density at radius 3 is 2.83 bits per heavy atom. The van der Waals surface area contributed by atoms with E-state index >= 15 is 0 Å². The minimum atomic E-state index is 0.183. The van der Waals surface area contributed by atoms with Crippen LogP contribution in [0.5, 0.6) is 0 Å². The lowest BCUT2D eigenvalue weighted by molar-refractivity contribution is 0.0933. The van der Waals surface area contributed by atoms with Crippen LogP contribution in [0.2, 0.25) is 0 Å². The van der Waals surface area contributed by atoms with Crippen molar-refractivity contribution in [1.82, 2.24) is 9.88 Å². The third-order valence-electron chi connectivity index (χ3n) is 2.72. The van der Waals surface area contributed by atoms with Crippen LogP contribution in [0.15, 0.2) is 41.9 Å². The van der Waals surface area contributed by atoms with E-state index in [0.29, 0.717) is 13.1 Å². The first-order chi connectivity index (χ1) is 8.79. The number of hydrogen-bond acceptors (Lipinski definition) is 4. The standard InChI is InChI=1S/C14H16N2OS/c1-2-16(10-12-6-3-4-8-15-12)11-13(17)14-7-5-9-18-14/h3-9H,2,10-11H2,1H3. The van der Waals surface area contributed by atoms with Gasteiger partial charge < -0.3 is 0 Å². The zero-order valence-corrected chi connectivity index (χ0v) is 11.2. The molecule has 0 spiro atoms. The summed E-state index contributed by atoms with van der Waals surface area (Å²) in [6.07, 6.45) is 1.78. The molecule has 2 rings (SSSR count). The smallest absolute Gasteiger partial charge is 0.186 e. The van der Waals surface area contributed by atoms with Crippen LogP contribution in [0.1, 0.15) is 22.3 Å². The molecular weight excluding hydrogens is 244 g/mol. The number of hydrogen-bond donors (Lipinski definition) is 0. The molecule has 0 fully saturated rings. The summed E-state index contributed by atoms with van der Waals surface area (Å²) < 4.78 is 0. The molecule has 0 unspecified atom stereocenters. The lowest BCUT2D eigenvalue weighted by Crippen LogP contribution is -2.29. The van der Waals surface area contributed by atoms with E-state index in [2.05, 4.69) is 16.8 Å². The number of ketones is 1. The van der Waals surface area contributed by atoms with Gasteiger partial charge in [-0.05, 0) is 30.1 Å². The van der Waals surface area contributed by atoms with Crippen molar-refractivity contribution < 1.29 is 4.79 Å². The number of Topliss-reactive ketones (excluding diaryl/α,β-unsaturated/α-hetero) is 1. The van der Waals surface area contributed by atoms with Crippen molar-refractivity contribution in [1.29, 1.82) is 0 Å². The molecule has 0 radical (unpaired) electrons. The predicted octanol–water partition coefficient (Wildman–Crippen LogP) is 2.85. The van der Waals surface area contributed by atoms with Crippen LogP contribution in [-0.2, 0) is 6.54 Å². The Bertz CT molecular complexity index is 482. The lowest BCUT2D eigenvalue weighted by atomic mass is 10.2. The molecule has 18 heavy (non-hydrogen) atoms. The summed E-state index contributed by atoms with van der Waals surface area (Å²) >= 11 is 1.50. The second kappa shape index (κ2) is 6.42. The molecule has 2 aromatic heterocycles. The van der Waals surface area contributed by atoms with E-state index in [9.17, 15) is 4.79 Å². The number of aromatic nitrogens is 1. The van der Waals surface area contributed by atoms with Gasteiger partial charge in [-0.1, -0.05) is 19.1 Å². The number of thiophene rings is 1. The van der Waals surface area contributed by atoms with Crippen LogP contribution in [0.4, 0.5) is 0 Å². The second-order valence-electron chi connectivity index (χ2n) is 4.02. The first-order valence-corrected chi connectivity index (χ1v) is 6.86. The monoisotopic (exact) mass is 260 g/mol.